The molecule has 13 heavy (non-hydrogen) atoms. The molecule has 2 aromatic rings. The van der Waals surface area contributed by atoms with Gasteiger partial charge in [-0.1, -0.05) is 0 Å². The molecule has 2 heterocycles. The van der Waals surface area contributed by atoms with Crippen LogP contribution in [-0.2, 0) is 0 Å². The van der Waals surface area contributed by atoms with Gasteiger partial charge >= 0.3 is 0 Å². The average Bonchev–Trinajstić information content (AvgIpc) is 2.71. The van der Waals surface area contributed by atoms with Crippen LogP contribution in [0.3, 0.4) is 0 Å². The Morgan fingerprint density at radius 1 is 1.46 bits per heavy atom. The maximum atomic E-state index is 5.46. The number of thiazole rings is 1. The summed E-state index contributed by atoms with van der Waals surface area (Å²) in [6, 6.07) is 0. The maximum Gasteiger partial charge on any atom is 0.218 e. The predicted molar refractivity (Wildman–Crippen MR) is 52.0 cm³/mol. The molecule has 0 spiro atoms. The molecule has 4 nitrogen and oxygen atoms in total. The molecule has 5 heteroatoms. The van der Waals surface area contributed by atoms with Crippen molar-refractivity contribution in [1.29, 1.82) is 0 Å². The minimum Gasteiger partial charge on any atom is -0.445 e. The van der Waals surface area contributed by atoms with Crippen molar-refractivity contribution in [3.63, 3.8) is 0 Å². The Balaban J connectivity index is 2.14. The molecule has 0 saturated heterocycles. The first kappa shape index (κ1) is 8.00. The maximum absolute atomic E-state index is 5.46. The molecule has 0 bridgehead atoms. The van der Waals surface area contributed by atoms with E-state index in [2.05, 4.69) is 9.97 Å². The first-order valence-electron chi connectivity index (χ1n) is 3.63. The second-order valence-corrected chi connectivity index (χ2v) is 3.20. The summed E-state index contributed by atoms with van der Waals surface area (Å²) in [5.41, 5.74) is 6.28. The van der Waals surface area contributed by atoms with Gasteiger partial charge in [0.2, 0.25) is 5.89 Å². The van der Waals surface area contributed by atoms with E-state index in [4.69, 9.17) is 10.2 Å². The monoisotopic (exact) mass is 193 g/mol. The number of nitrogen functional groups attached to an aromatic ring is 1. The van der Waals surface area contributed by atoms with Gasteiger partial charge in [-0.05, 0) is 6.08 Å². The molecule has 66 valence electrons. The third kappa shape index (κ3) is 1.94. The molecule has 0 atom stereocenters. The number of aromatic nitrogens is 2. The minimum absolute atomic E-state index is 0.562. The second-order valence-electron chi connectivity index (χ2n) is 2.31. The minimum atomic E-state index is 0.562. The summed E-state index contributed by atoms with van der Waals surface area (Å²) in [6.07, 6.45) is 6.66. The van der Waals surface area contributed by atoms with E-state index in [1.165, 1.54) is 17.6 Å². The summed E-state index contributed by atoms with van der Waals surface area (Å²) in [6.45, 7) is 0. The van der Waals surface area contributed by atoms with Gasteiger partial charge in [-0.3, -0.25) is 0 Å². The second kappa shape index (κ2) is 3.40. The van der Waals surface area contributed by atoms with E-state index >= 15 is 0 Å². The van der Waals surface area contributed by atoms with E-state index in [1.807, 2.05) is 5.38 Å². The first-order valence-corrected chi connectivity index (χ1v) is 4.51. The van der Waals surface area contributed by atoms with Crippen LogP contribution in [0.25, 0.3) is 12.2 Å². The van der Waals surface area contributed by atoms with E-state index in [9.17, 15) is 0 Å². The van der Waals surface area contributed by atoms with Crippen molar-refractivity contribution in [3.8, 4) is 0 Å². The lowest BCUT2D eigenvalue weighted by Crippen LogP contribution is -1.80. The van der Waals surface area contributed by atoms with Gasteiger partial charge in [0.25, 0.3) is 0 Å². The lowest BCUT2D eigenvalue weighted by Gasteiger charge is -1.81. The molecule has 0 radical (unpaired) electrons. The summed E-state index contributed by atoms with van der Waals surface area (Å²) in [7, 11) is 0. The van der Waals surface area contributed by atoms with Crippen LogP contribution in [0.4, 0.5) is 5.13 Å². The van der Waals surface area contributed by atoms with Crippen LogP contribution in [0.2, 0.25) is 0 Å². The fourth-order valence-corrected chi connectivity index (χ4v) is 1.38. The van der Waals surface area contributed by atoms with Crippen LogP contribution in [-0.4, -0.2) is 9.97 Å². The summed E-state index contributed by atoms with van der Waals surface area (Å²) < 4.78 is 5.01. The zero-order chi connectivity index (χ0) is 9.10. The highest BCUT2D eigenvalue weighted by molar-refractivity contribution is 7.13. The van der Waals surface area contributed by atoms with Crippen molar-refractivity contribution in [2.45, 2.75) is 0 Å². The van der Waals surface area contributed by atoms with Crippen molar-refractivity contribution in [2.24, 2.45) is 0 Å². The third-order valence-corrected chi connectivity index (χ3v) is 2.08. The molecule has 2 aromatic heterocycles. The molecular weight excluding hydrogens is 186 g/mol. The Morgan fingerprint density at radius 3 is 3.00 bits per heavy atom. The van der Waals surface area contributed by atoms with Crippen LogP contribution in [0, 0.1) is 0 Å². The van der Waals surface area contributed by atoms with Crippen LogP contribution in [0.5, 0.6) is 0 Å². The van der Waals surface area contributed by atoms with Gasteiger partial charge in [-0.2, -0.15) is 0 Å². The zero-order valence-corrected chi connectivity index (χ0v) is 7.49. The van der Waals surface area contributed by atoms with Crippen LogP contribution >= 0.6 is 11.3 Å². The van der Waals surface area contributed by atoms with E-state index in [-0.39, 0.29) is 0 Å². The Bertz CT molecular complexity index is 405. The molecule has 0 unspecified atom stereocenters. The lowest BCUT2D eigenvalue weighted by molar-refractivity contribution is 0.547. The first-order chi connectivity index (χ1) is 6.34. The number of nitrogens with two attached hydrogens (primary N) is 1. The van der Waals surface area contributed by atoms with Crippen molar-refractivity contribution in [3.05, 3.63) is 29.4 Å². The van der Waals surface area contributed by atoms with Crippen molar-refractivity contribution in [2.75, 3.05) is 5.73 Å². The topological polar surface area (TPSA) is 64.9 Å². The largest absolute Gasteiger partial charge is 0.445 e. The van der Waals surface area contributed by atoms with Crippen molar-refractivity contribution >= 4 is 28.6 Å². The van der Waals surface area contributed by atoms with Gasteiger partial charge in [0.05, 0.1) is 11.9 Å². The Labute approximate surface area is 78.7 Å². The van der Waals surface area contributed by atoms with E-state index in [0.29, 0.717) is 11.0 Å². The van der Waals surface area contributed by atoms with Crippen LogP contribution in [0.15, 0.2) is 22.3 Å². The Kier molecular flexibility index (Phi) is 2.09. The Hall–Kier alpha value is -1.62. The highest BCUT2D eigenvalue weighted by atomic mass is 32.1. The average molecular weight is 193 g/mol. The highest BCUT2D eigenvalue weighted by Crippen LogP contribution is 2.13. The van der Waals surface area contributed by atoms with Gasteiger partial charge in [0, 0.05) is 11.5 Å². The summed E-state index contributed by atoms with van der Waals surface area (Å²) in [5, 5.41) is 2.43. The van der Waals surface area contributed by atoms with E-state index in [0.717, 1.165) is 5.69 Å². The van der Waals surface area contributed by atoms with Crippen molar-refractivity contribution < 1.29 is 4.42 Å². The van der Waals surface area contributed by atoms with Gasteiger partial charge in [-0.15, -0.1) is 11.3 Å². The Morgan fingerprint density at radius 2 is 2.38 bits per heavy atom. The van der Waals surface area contributed by atoms with Crippen molar-refractivity contribution in [1.82, 2.24) is 9.97 Å². The lowest BCUT2D eigenvalue weighted by atomic mass is 10.4. The van der Waals surface area contributed by atoms with Gasteiger partial charge in [0.1, 0.15) is 6.26 Å². The number of oxazole rings is 1. The predicted octanol–water partition coefficient (Wildman–Crippen LogP) is 1.88. The van der Waals surface area contributed by atoms with Crippen LogP contribution < -0.4 is 5.73 Å². The standard InChI is InChI=1S/C8H7N3OS/c9-8-11-6(5-13-8)1-2-7-10-3-4-12-7/h1-5H,(H2,9,11). The van der Waals surface area contributed by atoms with E-state index in [1.54, 1.807) is 18.3 Å². The SMILES string of the molecule is Nc1nc(C=Cc2ncco2)cs1. The molecule has 0 aliphatic carbocycles. The number of hydrogen-bond donors (Lipinski definition) is 1. The number of hydrogen-bond acceptors (Lipinski definition) is 5. The van der Waals surface area contributed by atoms with E-state index < -0.39 is 0 Å². The van der Waals surface area contributed by atoms with Gasteiger partial charge in [0.15, 0.2) is 5.13 Å². The molecule has 2 rings (SSSR count). The molecule has 0 fully saturated rings. The fraction of sp³-hybridized carbons (Fsp3) is 0. The summed E-state index contributed by atoms with van der Waals surface area (Å²) >= 11 is 1.41. The zero-order valence-electron chi connectivity index (χ0n) is 6.68. The fourth-order valence-electron chi connectivity index (χ4n) is 0.851. The molecule has 0 aliphatic heterocycles. The summed E-state index contributed by atoms with van der Waals surface area (Å²) in [4.78, 5) is 7.98. The van der Waals surface area contributed by atoms with Crippen LogP contribution in [0.1, 0.15) is 11.6 Å². The molecule has 0 aliphatic rings. The number of anilines is 1. The normalized spacial score (nSPS) is 11.1. The summed E-state index contributed by atoms with van der Waals surface area (Å²) in [5.74, 6) is 0.562. The number of nitrogens with zero attached hydrogens (tertiary/aromatic N) is 2. The van der Waals surface area contributed by atoms with Gasteiger partial charge < -0.3 is 10.2 Å². The molecule has 0 aromatic carbocycles. The molecular formula is C8H7N3OS. The molecule has 0 saturated carbocycles. The smallest absolute Gasteiger partial charge is 0.218 e. The molecule has 2 N–H and O–H groups in total. The highest BCUT2D eigenvalue weighted by Gasteiger charge is 1.94. The molecule has 0 amide bonds. The van der Waals surface area contributed by atoms with Gasteiger partial charge in [-0.25, -0.2) is 9.97 Å². The number of rotatable bonds is 2. The quantitative estimate of drug-likeness (QED) is 0.790. The third-order valence-electron chi connectivity index (χ3n) is 1.39.